The molecule has 0 amide bonds. The summed E-state index contributed by atoms with van der Waals surface area (Å²) in [4.78, 5) is 0. The first-order valence-electron chi connectivity index (χ1n) is 14.3. The average molecular weight is 493 g/mol. The molecule has 188 valence electrons. The number of aryl methyl sites for hydroxylation is 2. The van der Waals surface area contributed by atoms with E-state index in [1.165, 1.54) is 91.4 Å². The van der Waals surface area contributed by atoms with Crippen LogP contribution in [-0.2, 0) is 12.8 Å². The lowest BCUT2D eigenvalue weighted by Crippen LogP contribution is -1.88. The maximum Gasteiger partial charge on any atom is -0.00987 e. The standard InChI is InChI=1S/C38H36/c1-3-5-9-27-15-19-29(20-16-27)31-11-7-13-33-35(31)23-25-38-34-14-8-12-32(36(34)24-26-37(33)38)30-21-17-28(18-22-30)10-6-4-2/h7-8,11-26H,3-6,9-10H2,1-2H3. The van der Waals surface area contributed by atoms with Gasteiger partial charge in [-0.3, -0.25) is 0 Å². The molecule has 0 bridgehead atoms. The highest BCUT2D eigenvalue weighted by molar-refractivity contribution is 6.21. The van der Waals surface area contributed by atoms with Gasteiger partial charge in [0.2, 0.25) is 0 Å². The van der Waals surface area contributed by atoms with E-state index in [-0.39, 0.29) is 0 Å². The van der Waals surface area contributed by atoms with Crippen LogP contribution in [0.15, 0.2) is 109 Å². The third-order valence-electron chi connectivity index (χ3n) is 8.08. The van der Waals surface area contributed by atoms with E-state index in [1.807, 2.05) is 0 Å². The van der Waals surface area contributed by atoms with Crippen LogP contribution >= 0.6 is 0 Å². The number of rotatable bonds is 8. The summed E-state index contributed by atoms with van der Waals surface area (Å²) in [5, 5.41) is 7.93. The first-order valence-corrected chi connectivity index (χ1v) is 14.3. The molecule has 0 saturated carbocycles. The van der Waals surface area contributed by atoms with Crippen molar-refractivity contribution in [3.8, 4) is 22.3 Å². The van der Waals surface area contributed by atoms with Crippen molar-refractivity contribution in [1.82, 2.24) is 0 Å². The fourth-order valence-corrected chi connectivity index (χ4v) is 5.91. The van der Waals surface area contributed by atoms with Crippen LogP contribution in [-0.4, -0.2) is 0 Å². The van der Waals surface area contributed by atoms with Gasteiger partial charge in [-0.1, -0.05) is 136 Å². The van der Waals surface area contributed by atoms with Crippen LogP contribution in [0.1, 0.15) is 50.7 Å². The Kier molecular flexibility index (Phi) is 6.97. The van der Waals surface area contributed by atoms with Crippen molar-refractivity contribution in [2.75, 3.05) is 0 Å². The van der Waals surface area contributed by atoms with Crippen molar-refractivity contribution >= 4 is 32.3 Å². The summed E-state index contributed by atoms with van der Waals surface area (Å²) in [6.45, 7) is 4.51. The molecule has 6 aromatic carbocycles. The van der Waals surface area contributed by atoms with Crippen molar-refractivity contribution in [2.24, 2.45) is 0 Å². The van der Waals surface area contributed by atoms with Gasteiger partial charge in [-0.05, 0) is 91.4 Å². The topological polar surface area (TPSA) is 0 Å². The zero-order chi connectivity index (χ0) is 25.9. The largest absolute Gasteiger partial charge is 0.0654 e. The van der Waals surface area contributed by atoms with Crippen LogP contribution < -0.4 is 0 Å². The van der Waals surface area contributed by atoms with Gasteiger partial charge in [0.1, 0.15) is 0 Å². The monoisotopic (exact) mass is 492 g/mol. The molecule has 0 aromatic heterocycles. The quantitative estimate of drug-likeness (QED) is 0.185. The molecule has 0 aliphatic carbocycles. The minimum absolute atomic E-state index is 1.16. The lowest BCUT2D eigenvalue weighted by Gasteiger charge is -2.14. The smallest absolute Gasteiger partial charge is 0.00987 e. The van der Waals surface area contributed by atoms with E-state index in [0.717, 1.165) is 12.8 Å². The van der Waals surface area contributed by atoms with Gasteiger partial charge in [-0.2, -0.15) is 0 Å². The molecule has 0 fully saturated rings. The molecule has 0 radical (unpaired) electrons. The molecule has 6 rings (SSSR count). The predicted octanol–water partition coefficient (Wildman–Crippen LogP) is 11.2. The molecule has 0 heterocycles. The first-order chi connectivity index (χ1) is 18.8. The molecule has 0 atom stereocenters. The van der Waals surface area contributed by atoms with E-state index in [0.29, 0.717) is 0 Å². The minimum Gasteiger partial charge on any atom is -0.0654 e. The highest BCUT2D eigenvalue weighted by Gasteiger charge is 2.11. The summed E-state index contributed by atoms with van der Waals surface area (Å²) in [5.74, 6) is 0. The fourth-order valence-electron chi connectivity index (χ4n) is 5.91. The Hall–Kier alpha value is -3.90. The van der Waals surface area contributed by atoms with E-state index >= 15 is 0 Å². The van der Waals surface area contributed by atoms with Crippen molar-refractivity contribution in [2.45, 2.75) is 52.4 Å². The molecule has 0 aliphatic heterocycles. The Morgan fingerprint density at radius 2 is 0.737 bits per heavy atom. The SMILES string of the molecule is CCCCc1ccc(-c2cccc3c2ccc2c4cccc(-c5ccc(CCCC)cc5)c4ccc32)cc1. The lowest BCUT2D eigenvalue weighted by atomic mass is 9.90. The summed E-state index contributed by atoms with van der Waals surface area (Å²) in [6.07, 6.45) is 7.29. The Morgan fingerprint density at radius 1 is 0.368 bits per heavy atom. The number of unbranched alkanes of at least 4 members (excludes halogenated alkanes) is 2. The second kappa shape index (κ2) is 10.8. The van der Waals surface area contributed by atoms with Gasteiger partial charge in [0.25, 0.3) is 0 Å². The third-order valence-corrected chi connectivity index (χ3v) is 8.08. The molecule has 0 spiro atoms. The van der Waals surface area contributed by atoms with Gasteiger partial charge in [0, 0.05) is 0 Å². The lowest BCUT2D eigenvalue weighted by molar-refractivity contribution is 0.795. The van der Waals surface area contributed by atoms with Crippen molar-refractivity contribution < 1.29 is 0 Å². The van der Waals surface area contributed by atoms with Crippen LogP contribution in [0, 0.1) is 0 Å². The van der Waals surface area contributed by atoms with Gasteiger partial charge in [0.05, 0.1) is 0 Å². The van der Waals surface area contributed by atoms with Gasteiger partial charge >= 0.3 is 0 Å². The predicted molar refractivity (Wildman–Crippen MR) is 167 cm³/mol. The molecule has 38 heavy (non-hydrogen) atoms. The molecule has 0 aliphatic rings. The molecular weight excluding hydrogens is 456 g/mol. The van der Waals surface area contributed by atoms with Crippen molar-refractivity contribution in [3.63, 3.8) is 0 Å². The maximum absolute atomic E-state index is 2.33. The van der Waals surface area contributed by atoms with Crippen molar-refractivity contribution in [3.05, 3.63) is 120 Å². The van der Waals surface area contributed by atoms with E-state index in [4.69, 9.17) is 0 Å². The maximum atomic E-state index is 2.33. The zero-order valence-corrected chi connectivity index (χ0v) is 22.6. The number of hydrogen-bond donors (Lipinski definition) is 0. The van der Waals surface area contributed by atoms with Crippen LogP contribution in [0.4, 0.5) is 0 Å². The van der Waals surface area contributed by atoms with Crippen LogP contribution in [0.3, 0.4) is 0 Å². The summed E-state index contributed by atoms with van der Waals surface area (Å²) < 4.78 is 0. The van der Waals surface area contributed by atoms with E-state index in [9.17, 15) is 0 Å². The summed E-state index contributed by atoms with van der Waals surface area (Å²) in [7, 11) is 0. The first kappa shape index (κ1) is 24.4. The Bertz CT molecular complexity index is 1570. The number of hydrogen-bond acceptors (Lipinski definition) is 0. The second-order valence-electron chi connectivity index (χ2n) is 10.6. The zero-order valence-electron chi connectivity index (χ0n) is 22.6. The number of benzene rings is 6. The molecular formula is C38H36. The van der Waals surface area contributed by atoms with E-state index in [2.05, 4.69) is 123 Å². The van der Waals surface area contributed by atoms with Crippen LogP contribution in [0.25, 0.3) is 54.6 Å². The van der Waals surface area contributed by atoms with Gasteiger partial charge in [-0.25, -0.2) is 0 Å². The molecule has 0 N–H and O–H groups in total. The summed E-state index contributed by atoms with van der Waals surface area (Å²) in [5.41, 5.74) is 8.06. The molecule has 0 saturated heterocycles. The summed E-state index contributed by atoms with van der Waals surface area (Å²) in [6, 6.07) is 41.2. The fraction of sp³-hybridized carbons (Fsp3) is 0.211. The van der Waals surface area contributed by atoms with Crippen LogP contribution in [0.5, 0.6) is 0 Å². The summed E-state index contributed by atoms with van der Waals surface area (Å²) >= 11 is 0. The van der Waals surface area contributed by atoms with Gasteiger partial charge in [0.15, 0.2) is 0 Å². The third kappa shape index (κ3) is 4.61. The van der Waals surface area contributed by atoms with E-state index < -0.39 is 0 Å². The van der Waals surface area contributed by atoms with Crippen molar-refractivity contribution in [1.29, 1.82) is 0 Å². The Labute approximate surface area is 227 Å². The highest BCUT2D eigenvalue weighted by Crippen LogP contribution is 2.38. The highest BCUT2D eigenvalue weighted by atomic mass is 14.1. The molecule has 6 aromatic rings. The van der Waals surface area contributed by atoms with E-state index in [1.54, 1.807) is 0 Å². The molecule has 0 heteroatoms. The van der Waals surface area contributed by atoms with Gasteiger partial charge in [-0.15, -0.1) is 0 Å². The minimum atomic E-state index is 1.16. The number of fused-ring (bicyclic) bond motifs is 5. The van der Waals surface area contributed by atoms with Crippen LogP contribution in [0.2, 0.25) is 0 Å². The second-order valence-corrected chi connectivity index (χ2v) is 10.6. The normalized spacial score (nSPS) is 11.5. The molecule has 0 unspecified atom stereocenters. The average Bonchev–Trinajstić information content (AvgIpc) is 2.98. The Balaban J connectivity index is 1.43. The molecule has 0 nitrogen and oxygen atoms in total. The van der Waals surface area contributed by atoms with Gasteiger partial charge < -0.3 is 0 Å². The Morgan fingerprint density at radius 3 is 1.13 bits per heavy atom.